The number of nitrogens with zero attached hydrogens (tertiary/aromatic N) is 1. The number of hydrogen-bond acceptors (Lipinski definition) is 2. The molecule has 0 unspecified atom stereocenters. The van der Waals surface area contributed by atoms with Crippen LogP contribution in [0, 0.1) is 5.92 Å². The molecule has 0 saturated heterocycles. The maximum atomic E-state index is 12.2. The molecule has 17 heavy (non-hydrogen) atoms. The van der Waals surface area contributed by atoms with E-state index < -0.39 is 22.7 Å². The highest BCUT2D eigenvalue weighted by atomic mass is 79.9. The van der Waals surface area contributed by atoms with Crippen molar-refractivity contribution in [2.45, 2.75) is 26.4 Å². The van der Waals surface area contributed by atoms with Crippen LogP contribution in [-0.4, -0.2) is 43.1 Å². The molecular weight excluding hydrogens is 323 g/mol. The smallest absolute Gasteiger partial charge is 0.212 e. The summed E-state index contributed by atoms with van der Waals surface area (Å²) in [7, 11) is -3.83. The monoisotopic (exact) mass is 339 g/mol. The van der Waals surface area contributed by atoms with Crippen LogP contribution in [0.25, 0.3) is 0 Å². The first-order valence-corrected chi connectivity index (χ1v) is 7.92. The summed E-state index contributed by atoms with van der Waals surface area (Å²) in [5.41, 5.74) is 0. The number of hydrogen-bond donors (Lipinski definition) is 0. The van der Waals surface area contributed by atoms with Crippen molar-refractivity contribution in [1.82, 2.24) is 4.31 Å². The first-order valence-electron chi connectivity index (χ1n) is 5.19. The standard InChI is InChI=1S/C9H17BrF3NO2S/c1-8(2)3-6-17(15,16)14(5-4-10)7-9(11,12)13/h8H,3-7H2,1-2H3. The summed E-state index contributed by atoms with van der Waals surface area (Å²) in [6, 6.07) is 0. The number of halogens is 4. The van der Waals surface area contributed by atoms with E-state index in [9.17, 15) is 21.6 Å². The molecule has 8 heteroatoms. The van der Waals surface area contributed by atoms with Gasteiger partial charge in [0.25, 0.3) is 0 Å². The summed E-state index contributed by atoms with van der Waals surface area (Å²) in [5, 5.41) is 0.185. The molecule has 0 fully saturated rings. The minimum absolute atomic E-state index is 0.140. The van der Waals surface area contributed by atoms with Crippen LogP contribution in [0.15, 0.2) is 0 Å². The first-order chi connectivity index (χ1) is 7.58. The second kappa shape index (κ2) is 6.94. The quantitative estimate of drug-likeness (QED) is 0.668. The molecule has 0 aromatic rings. The van der Waals surface area contributed by atoms with E-state index >= 15 is 0 Å². The maximum absolute atomic E-state index is 12.2. The van der Waals surface area contributed by atoms with E-state index in [2.05, 4.69) is 15.9 Å². The third-order valence-electron chi connectivity index (χ3n) is 2.04. The van der Waals surface area contributed by atoms with Crippen molar-refractivity contribution >= 4 is 26.0 Å². The van der Waals surface area contributed by atoms with Gasteiger partial charge < -0.3 is 0 Å². The van der Waals surface area contributed by atoms with E-state index in [1.54, 1.807) is 0 Å². The highest BCUT2D eigenvalue weighted by Crippen LogP contribution is 2.19. The van der Waals surface area contributed by atoms with E-state index in [-0.39, 0.29) is 23.5 Å². The summed E-state index contributed by atoms with van der Waals surface area (Å²) < 4.78 is 60.6. The fourth-order valence-corrected chi connectivity index (χ4v) is 3.53. The molecule has 0 saturated carbocycles. The molecular formula is C9H17BrF3NO2S. The first kappa shape index (κ1) is 17.2. The van der Waals surface area contributed by atoms with Gasteiger partial charge in [0, 0.05) is 11.9 Å². The lowest BCUT2D eigenvalue weighted by molar-refractivity contribution is -0.135. The third-order valence-corrected chi connectivity index (χ3v) is 4.24. The molecule has 0 aliphatic heterocycles. The molecule has 0 N–H and O–H groups in total. The summed E-state index contributed by atoms with van der Waals surface area (Å²) in [5.74, 6) is -0.102. The van der Waals surface area contributed by atoms with Crippen LogP contribution < -0.4 is 0 Å². The number of rotatable bonds is 7. The van der Waals surface area contributed by atoms with Crippen molar-refractivity contribution in [3.8, 4) is 0 Å². The minimum atomic E-state index is -4.51. The lowest BCUT2D eigenvalue weighted by atomic mass is 10.2. The molecule has 104 valence electrons. The van der Waals surface area contributed by atoms with Crippen LogP contribution in [0.4, 0.5) is 13.2 Å². The summed E-state index contributed by atoms with van der Waals surface area (Å²) in [6.45, 7) is 2.07. The zero-order valence-electron chi connectivity index (χ0n) is 9.80. The van der Waals surface area contributed by atoms with Gasteiger partial charge >= 0.3 is 6.18 Å². The average Bonchev–Trinajstić information content (AvgIpc) is 2.12. The summed E-state index contributed by atoms with van der Waals surface area (Å²) in [6.07, 6.45) is -4.15. The normalized spacial score (nSPS) is 13.6. The van der Waals surface area contributed by atoms with Crippen molar-refractivity contribution in [3.05, 3.63) is 0 Å². The fraction of sp³-hybridized carbons (Fsp3) is 1.00. The third kappa shape index (κ3) is 7.99. The lowest BCUT2D eigenvalue weighted by Crippen LogP contribution is -2.41. The number of sulfonamides is 1. The van der Waals surface area contributed by atoms with Gasteiger partial charge in [0.15, 0.2) is 0 Å². The molecule has 0 aromatic carbocycles. The Morgan fingerprint density at radius 1 is 1.29 bits per heavy atom. The Morgan fingerprint density at radius 2 is 1.82 bits per heavy atom. The summed E-state index contributed by atoms with van der Waals surface area (Å²) in [4.78, 5) is 0. The van der Waals surface area contributed by atoms with E-state index in [0.717, 1.165) is 0 Å². The van der Waals surface area contributed by atoms with Crippen LogP contribution in [0.5, 0.6) is 0 Å². The van der Waals surface area contributed by atoms with Crippen molar-refractivity contribution in [2.75, 3.05) is 24.2 Å². The van der Waals surface area contributed by atoms with Crippen LogP contribution in [0.3, 0.4) is 0 Å². The molecule has 0 radical (unpaired) electrons. The van der Waals surface area contributed by atoms with Crippen LogP contribution in [0.2, 0.25) is 0 Å². The molecule has 3 nitrogen and oxygen atoms in total. The molecule has 0 rings (SSSR count). The second-order valence-corrected chi connectivity index (χ2v) is 7.02. The SMILES string of the molecule is CC(C)CCS(=O)(=O)N(CCBr)CC(F)(F)F. The van der Waals surface area contributed by atoms with E-state index in [1.165, 1.54) is 0 Å². The Labute approximate surface area is 109 Å². The highest BCUT2D eigenvalue weighted by Gasteiger charge is 2.35. The zero-order valence-corrected chi connectivity index (χ0v) is 12.2. The van der Waals surface area contributed by atoms with Gasteiger partial charge in [-0.05, 0) is 12.3 Å². The van der Waals surface area contributed by atoms with Crippen LogP contribution >= 0.6 is 15.9 Å². The van der Waals surface area contributed by atoms with Gasteiger partial charge in [-0.25, -0.2) is 8.42 Å². The minimum Gasteiger partial charge on any atom is -0.212 e. The maximum Gasteiger partial charge on any atom is 0.402 e. The second-order valence-electron chi connectivity index (χ2n) is 4.14. The Morgan fingerprint density at radius 3 is 2.18 bits per heavy atom. The van der Waals surface area contributed by atoms with Gasteiger partial charge in [-0.1, -0.05) is 29.8 Å². The van der Waals surface area contributed by atoms with Crippen molar-refractivity contribution < 1.29 is 21.6 Å². The molecule has 0 aromatic heterocycles. The predicted octanol–water partition coefficient (Wildman–Crippen LogP) is 2.62. The Hall–Kier alpha value is 0.180. The predicted molar refractivity (Wildman–Crippen MR) is 64.7 cm³/mol. The van der Waals surface area contributed by atoms with Gasteiger partial charge in [0.05, 0.1) is 5.75 Å². The molecule has 0 aliphatic rings. The molecule has 0 amide bonds. The van der Waals surface area contributed by atoms with E-state index in [4.69, 9.17) is 0 Å². The Balaban J connectivity index is 4.67. The van der Waals surface area contributed by atoms with Crippen LogP contribution in [-0.2, 0) is 10.0 Å². The van der Waals surface area contributed by atoms with Gasteiger partial charge in [0.2, 0.25) is 10.0 Å². The van der Waals surface area contributed by atoms with E-state index in [1.807, 2.05) is 13.8 Å². The van der Waals surface area contributed by atoms with Crippen molar-refractivity contribution in [1.29, 1.82) is 0 Å². The largest absolute Gasteiger partial charge is 0.402 e. The van der Waals surface area contributed by atoms with Gasteiger partial charge in [-0.2, -0.15) is 17.5 Å². The molecule has 0 atom stereocenters. The van der Waals surface area contributed by atoms with Gasteiger partial charge in [-0.3, -0.25) is 0 Å². The molecule has 0 spiro atoms. The lowest BCUT2D eigenvalue weighted by Gasteiger charge is -2.22. The molecule has 0 aliphatic carbocycles. The van der Waals surface area contributed by atoms with Crippen LogP contribution in [0.1, 0.15) is 20.3 Å². The van der Waals surface area contributed by atoms with Crippen molar-refractivity contribution in [2.24, 2.45) is 5.92 Å². The van der Waals surface area contributed by atoms with E-state index in [0.29, 0.717) is 10.7 Å². The zero-order chi connectivity index (χ0) is 13.7. The highest BCUT2D eigenvalue weighted by molar-refractivity contribution is 9.09. The van der Waals surface area contributed by atoms with Gasteiger partial charge in [0.1, 0.15) is 6.54 Å². The van der Waals surface area contributed by atoms with Crippen molar-refractivity contribution in [3.63, 3.8) is 0 Å². The topological polar surface area (TPSA) is 37.4 Å². The average molecular weight is 340 g/mol. The Kier molecular flexibility index (Phi) is 7.01. The summed E-state index contributed by atoms with van der Waals surface area (Å²) >= 11 is 2.96. The number of alkyl halides is 4. The molecule has 0 heterocycles. The molecule has 0 bridgehead atoms. The fourth-order valence-electron chi connectivity index (χ4n) is 1.12. The Bertz CT molecular complexity index is 317. The van der Waals surface area contributed by atoms with Gasteiger partial charge in [-0.15, -0.1) is 0 Å².